The maximum absolute atomic E-state index is 10.9. The lowest BCUT2D eigenvalue weighted by Gasteiger charge is -2.01. The highest BCUT2D eigenvalue weighted by Crippen LogP contribution is 2.31. The van der Waals surface area contributed by atoms with Gasteiger partial charge in [-0.25, -0.2) is 0 Å². The molecule has 104 valence electrons. The first-order valence-corrected chi connectivity index (χ1v) is 6.89. The van der Waals surface area contributed by atoms with Crippen LogP contribution in [-0.4, -0.2) is 28.0 Å². The quantitative estimate of drug-likeness (QED) is 0.522. The summed E-state index contributed by atoms with van der Waals surface area (Å²) < 4.78 is 0. The van der Waals surface area contributed by atoms with Crippen molar-refractivity contribution in [1.29, 1.82) is 0 Å². The zero-order valence-electron chi connectivity index (χ0n) is 9.67. The van der Waals surface area contributed by atoms with Gasteiger partial charge in [0.1, 0.15) is 5.02 Å². The van der Waals surface area contributed by atoms with E-state index in [-0.39, 0.29) is 33.0 Å². The summed E-state index contributed by atoms with van der Waals surface area (Å²) in [4.78, 5) is 21.1. The number of rotatable bonds is 3. The molecule has 0 aliphatic carbocycles. The van der Waals surface area contributed by atoms with Crippen LogP contribution in [0.5, 0.6) is 0 Å². The van der Waals surface area contributed by atoms with Gasteiger partial charge >= 0.3 is 0 Å². The van der Waals surface area contributed by atoms with Gasteiger partial charge in [0, 0.05) is 11.6 Å². The molecular formula is C10H6Cl2N4O3S. The fourth-order valence-corrected chi connectivity index (χ4v) is 2.50. The first-order chi connectivity index (χ1) is 9.49. The first kappa shape index (κ1) is 14.8. The predicted molar refractivity (Wildman–Crippen MR) is 78.7 cm³/mol. The summed E-state index contributed by atoms with van der Waals surface area (Å²) in [5.74, 6) is 0.127. The van der Waals surface area contributed by atoms with Gasteiger partial charge in [0.25, 0.3) is 5.69 Å². The fourth-order valence-electron chi connectivity index (χ4n) is 1.34. The van der Waals surface area contributed by atoms with E-state index in [9.17, 15) is 14.9 Å². The summed E-state index contributed by atoms with van der Waals surface area (Å²) in [6.45, 7) is 0. The molecule has 1 aromatic rings. The third-order valence-corrected chi connectivity index (χ3v) is 3.82. The Kier molecular flexibility index (Phi) is 4.58. The van der Waals surface area contributed by atoms with E-state index in [1.165, 1.54) is 30.1 Å². The molecule has 1 N–H and O–H groups in total. The molecule has 0 bridgehead atoms. The van der Waals surface area contributed by atoms with E-state index < -0.39 is 4.92 Å². The standard InChI is InChI=1S/C10H6Cl2N4O3S/c11-6-1-2-7(16(18)19)9(12)5(6)3-13-15-10-14-8(17)4-20-10/h1-3H,4H2,(H,14,15,17). The number of hydrogen-bond acceptors (Lipinski definition) is 6. The lowest BCUT2D eigenvalue weighted by atomic mass is 10.2. The number of nitro benzene ring substituents is 1. The second-order valence-electron chi connectivity index (χ2n) is 3.54. The molecular weight excluding hydrogens is 327 g/mol. The SMILES string of the molecule is O=C1CSC(=NN=Cc2c(Cl)ccc([N+](=O)[O-])c2Cl)N1. The molecule has 2 rings (SSSR count). The molecule has 1 heterocycles. The van der Waals surface area contributed by atoms with Crippen LogP contribution >= 0.6 is 35.0 Å². The van der Waals surface area contributed by atoms with E-state index >= 15 is 0 Å². The fraction of sp³-hybridized carbons (Fsp3) is 0.100. The normalized spacial score (nSPS) is 16.9. The second kappa shape index (κ2) is 6.21. The second-order valence-corrected chi connectivity index (χ2v) is 5.29. The van der Waals surface area contributed by atoms with Crippen LogP contribution in [0.1, 0.15) is 5.56 Å². The van der Waals surface area contributed by atoms with E-state index in [2.05, 4.69) is 15.5 Å². The molecule has 7 nitrogen and oxygen atoms in total. The molecule has 1 amide bonds. The number of carbonyl (C=O) groups is 1. The molecule has 20 heavy (non-hydrogen) atoms. The zero-order chi connectivity index (χ0) is 14.7. The lowest BCUT2D eigenvalue weighted by Crippen LogP contribution is -2.19. The summed E-state index contributed by atoms with van der Waals surface area (Å²) in [6.07, 6.45) is 1.20. The Hall–Kier alpha value is -1.64. The van der Waals surface area contributed by atoms with Crippen LogP contribution in [0.2, 0.25) is 10.0 Å². The first-order valence-electron chi connectivity index (χ1n) is 5.15. The molecule has 1 saturated heterocycles. The van der Waals surface area contributed by atoms with Gasteiger partial charge < -0.3 is 5.32 Å². The third-order valence-electron chi connectivity index (χ3n) is 2.22. The summed E-state index contributed by atoms with van der Waals surface area (Å²) in [5.41, 5.74) is -0.0741. The summed E-state index contributed by atoms with van der Waals surface area (Å²) in [7, 11) is 0. The molecule has 0 spiro atoms. The average Bonchev–Trinajstić information content (AvgIpc) is 2.78. The van der Waals surface area contributed by atoms with E-state index in [4.69, 9.17) is 23.2 Å². The maximum atomic E-state index is 10.9. The van der Waals surface area contributed by atoms with Crippen molar-refractivity contribution in [3.05, 3.63) is 37.9 Å². The minimum absolute atomic E-state index is 0.116. The minimum Gasteiger partial charge on any atom is -0.303 e. The van der Waals surface area contributed by atoms with Gasteiger partial charge in [0.05, 0.1) is 21.9 Å². The number of hydrogen-bond donors (Lipinski definition) is 1. The largest absolute Gasteiger partial charge is 0.303 e. The Morgan fingerprint density at radius 3 is 2.80 bits per heavy atom. The van der Waals surface area contributed by atoms with Crippen molar-refractivity contribution in [3.63, 3.8) is 0 Å². The van der Waals surface area contributed by atoms with Crippen LogP contribution in [0.15, 0.2) is 22.3 Å². The number of amides is 1. The molecule has 1 fully saturated rings. The van der Waals surface area contributed by atoms with Crippen LogP contribution in [-0.2, 0) is 4.79 Å². The van der Waals surface area contributed by atoms with Crippen molar-refractivity contribution in [1.82, 2.24) is 5.32 Å². The van der Waals surface area contributed by atoms with Gasteiger partial charge in [0.2, 0.25) is 5.91 Å². The van der Waals surface area contributed by atoms with Crippen molar-refractivity contribution in [3.8, 4) is 0 Å². The molecule has 1 aromatic carbocycles. The Labute approximate surface area is 127 Å². The Balaban J connectivity index is 2.27. The van der Waals surface area contributed by atoms with Crippen molar-refractivity contribution in [2.45, 2.75) is 0 Å². The third kappa shape index (κ3) is 3.27. The van der Waals surface area contributed by atoms with E-state index in [1.54, 1.807) is 0 Å². The number of nitrogens with one attached hydrogen (secondary N) is 1. The molecule has 0 atom stereocenters. The topological polar surface area (TPSA) is 97.0 Å². The van der Waals surface area contributed by atoms with Crippen LogP contribution in [0.4, 0.5) is 5.69 Å². The number of amidine groups is 1. The van der Waals surface area contributed by atoms with E-state index in [1.807, 2.05) is 0 Å². The van der Waals surface area contributed by atoms with Crippen molar-refractivity contribution in [2.75, 3.05) is 5.75 Å². The molecule has 0 saturated carbocycles. The van der Waals surface area contributed by atoms with E-state index in [0.29, 0.717) is 5.17 Å². The number of carbonyl (C=O) groups excluding carboxylic acids is 1. The smallest absolute Gasteiger partial charge is 0.288 e. The van der Waals surface area contributed by atoms with Gasteiger partial charge in [-0.2, -0.15) is 5.10 Å². The lowest BCUT2D eigenvalue weighted by molar-refractivity contribution is -0.384. The predicted octanol–water partition coefficient (Wildman–Crippen LogP) is 2.45. The van der Waals surface area contributed by atoms with Crippen molar-refractivity contribution >= 4 is 57.9 Å². The van der Waals surface area contributed by atoms with Gasteiger partial charge in [-0.05, 0) is 6.07 Å². The summed E-state index contributed by atoms with van der Waals surface area (Å²) in [6, 6.07) is 2.56. The van der Waals surface area contributed by atoms with Crippen LogP contribution in [0.3, 0.4) is 0 Å². The Morgan fingerprint density at radius 2 is 2.20 bits per heavy atom. The average molecular weight is 333 g/mol. The van der Waals surface area contributed by atoms with Gasteiger partial charge in [-0.15, -0.1) is 5.10 Å². The molecule has 10 heteroatoms. The van der Waals surface area contributed by atoms with Crippen LogP contribution in [0, 0.1) is 10.1 Å². The van der Waals surface area contributed by atoms with Gasteiger partial charge in [-0.1, -0.05) is 35.0 Å². The number of halogens is 2. The van der Waals surface area contributed by atoms with Crippen molar-refractivity contribution in [2.24, 2.45) is 10.2 Å². The van der Waals surface area contributed by atoms with Gasteiger partial charge in [0.15, 0.2) is 5.17 Å². The molecule has 0 aromatic heterocycles. The Morgan fingerprint density at radius 1 is 1.45 bits per heavy atom. The van der Waals surface area contributed by atoms with Gasteiger partial charge in [-0.3, -0.25) is 14.9 Å². The number of benzene rings is 1. The number of nitro groups is 1. The highest BCUT2D eigenvalue weighted by Gasteiger charge is 2.18. The van der Waals surface area contributed by atoms with Crippen LogP contribution < -0.4 is 5.32 Å². The summed E-state index contributed by atoms with van der Waals surface area (Å²) >= 11 is 13.0. The van der Waals surface area contributed by atoms with Crippen LogP contribution in [0.25, 0.3) is 0 Å². The highest BCUT2D eigenvalue weighted by atomic mass is 35.5. The molecule has 0 radical (unpaired) electrons. The van der Waals surface area contributed by atoms with Crippen molar-refractivity contribution < 1.29 is 9.72 Å². The number of nitrogens with zero attached hydrogens (tertiary/aromatic N) is 3. The Bertz CT molecular complexity index is 648. The zero-order valence-corrected chi connectivity index (χ0v) is 12.0. The molecule has 1 aliphatic rings. The monoisotopic (exact) mass is 332 g/mol. The van der Waals surface area contributed by atoms with E-state index in [0.717, 1.165) is 0 Å². The highest BCUT2D eigenvalue weighted by molar-refractivity contribution is 8.15. The molecule has 1 aliphatic heterocycles. The minimum atomic E-state index is -0.616. The summed E-state index contributed by atoms with van der Waals surface area (Å²) in [5, 5.41) is 21.2. The molecule has 0 unspecified atom stereocenters. The number of thioether (sulfide) groups is 1. The maximum Gasteiger partial charge on any atom is 0.288 e.